The molecule has 1 nitrogen and oxygen atoms in total. The lowest BCUT2D eigenvalue weighted by Crippen LogP contribution is -2.19. The summed E-state index contributed by atoms with van der Waals surface area (Å²) in [7, 11) is 0. The molecule has 1 N–H and O–H groups in total. The molecule has 0 saturated heterocycles. The second-order valence-electron chi connectivity index (χ2n) is 3.75. The third-order valence-corrected chi connectivity index (χ3v) is 2.27. The number of nitrogens with one attached hydrogen (secondary N) is 1. The Bertz CT molecular complexity index is 171. The maximum absolute atomic E-state index is 3.52. The SMILES string of the molecule is CC#CCC(C)CCNC1CC1. The van der Waals surface area contributed by atoms with Crippen LogP contribution < -0.4 is 5.32 Å². The van der Waals surface area contributed by atoms with Gasteiger partial charge in [0, 0.05) is 12.5 Å². The Labute approximate surface area is 75.9 Å². The molecular weight excluding hydrogens is 146 g/mol. The highest BCUT2D eigenvalue weighted by molar-refractivity contribution is 4.95. The van der Waals surface area contributed by atoms with E-state index in [2.05, 4.69) is 24.1 Å². The lowest BCUT2D eigenvalue weighted by molar-refractivity contribution is 0.510. The largest absolute Gasteiger partial charge is 0.314 e. The van der Waals surface area contributed by atoms with Crippen molar-refractivity contribution in [2.45, 2.75) is 45.6 Å². The minimum Gasteiger partial charge on any atom is -0.314 e. The van der Waals surface area contributed by atoms with E-state index < -0.39 is 0 Å². The zero-order chi connectivity index (χ0) is 8.81. The fourth-order valence-corrected chi connectivity index (χ4v) is 1.20. The predicted molar refractivity (Wildman–Crippen MR) is 52.9 cm³/mol. The molecule has 1 rings (SSSR count). The van der Waals surface area contributed by atoms with E-state index in [1.54, 1.807) is 0 Å². The van der Waals surface area contributed by atoms with Crippen LogP contribution in [-0.2, 0) is 0 Å². The summed E-state index contributed by atoms with van der Waals surface area (Å²) in [4.78, 5) is 0. The Morgan fingerprint density at radius 2 is 2.25 bits per heavy atom. The highest BCUT2D eigenvalue weighted by Gasteiger charge is 2.19. The molecule has 0 heterocycles. The van der Waals surface area contributed by atoms with Crippen LogP contribution in [0.25, 0.3) is 0 Å². The van der Waals surface area contributed by atoms with Gasteiger partial charge < -0.3 is 5.32 Å². The lowest BCUT2D eigenvalue weighted by atomic mass is 10.0. The quantitative estimate of drug-likeness (QED) is 0.616. The highest BCUT2D eigenvalue weighted by atomic mass is 14.9. The fourth-order valence-electron chi connectivity index (χ4n) is 1.20. The predicted octanol–water partition coefficient (Wildman–Crippen LogP) is 2.18. The van der Waals surface area contributed by atoms with E-state index in [0.29, 0.717) is 0 Å². The van der Waals surface area contributed by atoms with Crippen molar-refractivity contribution >= 4 is 0 Å². The Balaban J connectivity index is 1.91. The van der Waals surface area contributed by atoms with Crippen molar-refractivity contribution in [3.8, 4) is 11.8 Å². The van der Waals surface area contributed by atoms with Crippen molar-refractivity contribution in [3.63, 3.8) is 0 Å². The standard InChI is InChI=1S/C11H19N/c1-3-4-5-10(2)8-9-12-11-6-7-11/h10-12H,5-9H2,1-2H3. The van der Waals surface area contributed by atoms with Crippen LogP contribution in [-0.4, -0.2) is 12.6 Å². The van der Waals surface area contributed by atoms with Crippen molar-refractivity contribution in [1.82, 2.24) is 5.32 Å². The average molecular weight is 165 g/mol. The van der Waals surface area contributed by atoms with Gasteiger partial charge in [0.2, 0.25) is 0 Å². The molecule has 0 aliphatic heterocycles. The summed E-state index contributed by atoms with van der Waals surface area (Å²) in [6.45, 7) is 5.37. The van der Waals surface area contributed by atoms with E-state index in [0.717, 1.165) is 18.4 Å². The summed E-state index contributed by atoms with van der Waals surface area (Å²) in [5, 5.41) is 3.52. The first-order valence-electron chi connectivity index (χ1n) is 4.96. The van der Waals surface area contributed by atoms with Gasteiger partial charge in [0.1, 0.15) is 0 Å². The average Bonchev–Trinajstić information content (AvgIpc) is 2.84. The van der Waals surface area contributed by atoms with Crippen molar-refractivity contribution < 1.29 is 0 Å². The topological polar surface area (TPSA) is 12.0 Å². The van der Waals surface area contributed by atoms with Crippen LogP contribution in [0.5, 0.6) is 0 Å². The van der Waals surface area contributed by atoms with E-state index in [4.69, 9.17) is 0 Å². The number of hydrogen-bond donors (Lipinski definition) is 1. The molecule has 1 fully saturated rings. The molecule has 0 amide bonds. The third kappa shape index (κ3) is 4.41. The molecule has 1 saturated carbocycles. The molecule has 0 spiro atoms. The first kappa shape index (κ1) is 9.61. The van der Waals surface area contributed by atoms with Crippen LogP contribution in [0.1, 0.15) is 39.5 Å². The maximum atomic E-state index is 3.52. The van der Waals surface area contributed by atoms with Gasteiger partial charge in [-0.25, -0.2) is 0 Å². The van der Waals surface area contributed by atoms with E-state index in [9.17, 15) is 0 Å². The summed E-state index contributed by atoms with van der Waals surface area (Å²) in [6, 6.07) is 0.856. The molecule has 1 aliphatic rings. The Kier molecular flexibility index (Phi) is 4.18. The van der Waals surface area contributed by atoms with E-state index in [1.807, 2.05) is 6.92 Å². The van der Waals surface area contributed by atoms with Crippen LogP contribution in [0.2, 0.25) is 0 Å². The van der Waals surface area contributed by atoms with Crippen molar-refractivity contribution in [2.75, 3.05) is 6.54 Å². The summed E-state index contributed by atoms with van der Waals surface area (Å²) >= 11 is 0. The molecule has 1 aliphatic carbocycles. The summed E-state index contributed by atoms with van der Waals surface area (Å²) in [5.41, 5.74) is 0. The molecule has 12 heavy (non-hydrogen) atoms. The molecule has 68 valence electrons. The minimum atomic E-state index is 0.753. The lowest BCUT2D eigenvalue weighted by Gasteiger charge is -2.07. The molecule has 0 aromatic carbocycles. The third-order valence-electron chi connectivity index (χ3n) is 2.27. The van der Waals surface area contributed by atoms with Gasteiger partial charge in [-0.15, -0.1) is 11.8 Å². The monoisotopic (exact) mass is 165 g/mol. The fraction of sp³-hybridized carbons (Fsp3) is 0.818. The van der Waals surface area contributed by atoms with Crippen LogP contribution >= 0.6 is 0 Å². The van der Waals surface area contributed by atoms with Gasteiger partial charge in [-0.2, -0.15) is 0 Å². The molecule has 0 aromatic rings. The van der Waals surface area contributed by atoms with Gasteiger partial charge in [0.15, 0.2) is 0 Å². The number of rotatable bonds is 5. The Morgan fingerprint density at radius 1 is 1.50 bits per heavy atom. The van der Waals surface area contributed by atoms with Gasteiger partial charge >= 0.3 is 0 Å². The van der Waals surface area contributed by atoms with Crippen molar-refractivity contribution in [1.29, 1.82) is 0 Å². The molecule has 1 unspecified atom stereocenters. The van der Waals surface area contributed by atoms with Gasteiger partial charge in [0.25, 0.3) is 0 Å². The minimum absolute atomic E-state index is 0.753. The van der Waals surface area contributed by atoms with E-state index in [1.165, 1.54) is 25.8 Å². The summed E-state index contributed by atoms with van der Waals surface area (Å²) in [5.74, 6) is 6.82. The summed E-state index contributed by atoms with van der Waals surface area (Å²) < 4.78 is 0. The van der Waals surface area contributed by atoms with Crippen LogP contribution in [0.15, 0.2) is 0 Å². The van der Waals surface area contributed by atoms with E-state index >= 15 is 0 Å². The Morgan fingerprint density at radius 3 is 2.83 bits per heavy atom. The van der Waals surface area contributed by atoms with Gasteiger partial charge in [-0.05, 0) is 38.6 Å². The molecule has 1 heteroatoms. The Hall–Kier alpha value is -0.480. The zero-order valence-electron chi connectivity index (χ0n) is 8.19. The van der Waals surface area contributed by atoms with Crippen LogP contribution in [0.3, 0.4) is 0 Å². The second kappa shape index (κ2) is 5.22. The number of hydrogen-bond acceptors (Lipinski definition) is 1. The van der Waals surface area contributed by atoms with Gasteiger partial charge in [-0.1, -0.05) is 6.92 Å². The van der Waals surface area contributed by atoms with Crippen LogP contribution in [0, 0.1) is 17.8 Å². The molecule has 0 bridgehead atoms. The second-order valence-corrected chi connectivity index (χ2v) is 3.75. The highest BCUT2D eigenvalue weighted by Crippen LogP contribution is 2.18. The summed E-state index contributed by atoms with van der Waals surface area (Å²) in [6.07, 6.45) is 5.11. The molecule has 0 aromatic heterocycles. The molecule has 1 atom stereocenters. The molecular formula is C11H19N. The first-order chi connectivity index (χ1) is 5.83. The van der Waals surface area contributed by atoms with Crippen molar-refractivity contribution in [3.05, 3.63) is 0 Å². The maximum Gasteiger partial charge on any atom is 0.0115 e. The van der Waals surface area contributed by atoms with Gasteiger partial charge in [0.05, 0.1) is 0 Å². The van der Waals surface area contributed by atoms with E-state index in [-0.39, 0.29) is 0 Å². The smallest absolute Gasteiger partial charge is 0.0115 e. The van der Waals surface area contributed by atoms with Gasteiger partial charge in [-0.3, -0.25) is 0 Å². The van der Waals surface area contributed by atoms with Crippen molar-refractivity contribution in [2.24, 2.45) is 5.92 Å². The molecule has 0 radical (unpaired) electrons. The normalized spacial score (nSPS) is 18.2. The van der Waals surface area contributed by atoms with Crippen LogP contribution in [0.4, 0.5) is 0 Å². The first-order valence-corrected chi connectivity index (χ1v) is 4.96. The zero-order valence-corrected chi connectivity index (χ0v) is 8.19.